The van der Waals surface area contributed by atoms with Gasteiger partial charge < -0.3 is 9.42 Å². The third-order valence-electron chi connectivity index (χ3n) is 5.17. The molecule has 1 amide bonds. The van der Waals surface area contributed by atoms with Crippen LogP contribution in [0.2, 0.25) is 5.02 Å². The van der Waals surface area contributed by atoms with Crippen LogP contribution in [0.4, 0.5) is 0 Å². The minimum atomic E-state index is -0.154. The number of aryl methyl sites for hydroxylation is 1. The highest BCUT2D eigenvalue weighted by molar-refractivity contribution is 6.31. The Morgan fingerprint density at radius 2 is 2.00 bits per heavy atom. The van der Waals surface area contributed by atoms with Crippen molar-refractivity contribution in [2.75, 3.05) is 6.54 Å². The molecule has 1 aliphatic heterocycles. The summed E-state index contributed by atoms with van der Waals surface area (Å²) in [5, 5.41) is 9.89. The average Bonchev–Trinajstić information content (AvgIpc) is 3.27. The molecule has 0 spiro atoms. The number of hydrogen-bond donors (Lipinski definition) is 0. The van der Waals surface area contributed by atoms with E-state index >= 15 is 0 Å². The topological polar surface area (TPSA) is 64.2 Å². The second kappa shape index (κ2) is 6.49. The van der Waals surface area contributed by atoms with E-state index in [1.165, 1.54) is 5.56 Å². The summed E-state index contributed by atoms with van der Waals surface area (Å²) < 4.78 is 7.19. The van der Waals surface area contributed by atoms with Gasteiger partial charge in [-0.1, -0.05) is 47.1 Å². The lowest BCUT2D eigenvalue weighted by atomic mass is 9.99. The van der Waals surface area contributed by atoms with Gasteiger partial charge in [0.1, 0.15) is 0 Å². The van der Waals surface area contributed by atoms with E-state index in [0.29, 0.717) is 34.8 Å². The van der Waals surface area contributed by atoms with Gasteiger partial charge in [-0.15, -0.1) is 0 Å². The number of rotatable bonds is 2. The maximum Gasteiger partial charge on any atom is 0.277 e. The lowest BCUT2D eigenvalue weighted by Crippen LogP contribution is -2.36. The Labute approximate surface area is 166 Å². The van der Waals surface area contributed by atoms with Gasteiger partial charge in [-0.2, -0.15) is 5.10 Å². The summed E-state index contributed by atoms with van der Waals surface area (Å²) in [5.74, 6) is -0.154. The van der Waals surface area contributed by atoms with Crippen LogP contribution in [0.25, 0.3) is 22.2 Å². The van der Waals surface area contributed by atoms with Crippen molar-refractivity contribution in [2.45, 2.75) is 13.0 Å². The maximum absolute atomic E-state index is 13.1. The SMILES string of the molecule is Cn1nc2c(c1-c1ccccc1)CCN(C(=O)c1noc3cc(Cl)ccc13)C2. The number of nitrogens with zero attached hydrogens (tertiary/aromatic N) is 4. The molecule has 0 radical (unpaired) electrons. The van der Waals surface area contributed by atoms with E-state index in [4.69, 9.17) is 16.1 Å². The second-order valence-electron chi connectivity index (χ2n) is 6.91. The summed E-state index contributed by atoms with van der Waals surface area (Å²) in [6.45, 7) is 1.07. The molecular formula is C21H17ClN4O2. The zero-order chi connectivity index (χ0) is 19.3. The molecule has 3 heterocycles. The molecule has 0 unspecified atom stereocenters. The van der Waals surface area contributed by atoms with Crippen molar-refractivity contribution in [2.24, 2.45) is 7.05 Å². The largest absolute Gasteiger partial charge is 0.355 e. The first-order chi connectivity index (χ1) is 13.6. The fraction of sp³-hybridized carbons (Fsp3) is 0.190. The van der Waals surface area contributed by atoms with E-state index in [9.17, 15) is 4.79 Å². The van der Waals surface area contributed by atoms with Crippen LogP contribution in [0.1, 0.15) is 21.7 Å². The van der Waals surface area contributed by atoms with Gasteiger partial charge in [0.05, 0.1) is 23.3 Å². The first-order valence-corrected chi connectivity index (χ1v) is 9.44. The molecule has 0 saturated carbocycles. The van der Waals surface area contributed by atoms with Crippen molar-refractivity contribution in [1.29, 1.82) is 0 Å². The molecule has 0 atom stereocenters. The van der Waals surface area contributed by atoms with E-state index in [0.717, 1.165) is 23.4 Å². The van der Waals surface area contributed by atoms with Gasteiger partial charge in [0.25, 0.3) is 5.91 Å². The smallest absolute Gasteiger partial charge is 0.277 e. The fourth-order valence-electron chi connectivity index (χ4n) is 3.87. The van der Waals surface area contributed by atoms with Gasteiger partial charge in [0, 0.05) is 35.8 Å². The molecule has 140 valence electrons. The number of fused-ring (bicyclic) bond motifs is 2. The molecule has 0 aliphatic carbocycles. The van der Waals surface area contributed by atoms with Crippen LogP contribution >= 0.6 is 11.6 Å². The van der Waals surface area contributed by atoms with Gasteiger partial charge >= 0.3 is 0 Å². The second-order valence-corrected chi connectivity index (χ2v) is 7.35. The molecular weight excluding hydrogens is 376 g/mol. The summed E-state index contributed by atoms with van der Waals surface area (Å²) in [4.78, 5) is 14.8. The zero-order valence-electron chi connectivity index (χ0n) is 15.2. The molecule has 4 aromatic rings. The molecule has 0 saturated heterocycles. The third kappa shape index (κ3) is 2.68. The van der Waals surface area contributed by atoms with Gasteiger partial charge in [-0.3, -0.25) is 9.48 Å². The van der Waals surface area contributed by atoms with Crippen molar-refractivity contribution in [1.82, 2.24) is 19.8 Å². The van der Waals surface area contributed by atoms with E-state index in [-0.39, 0.29) is 5.91 Å². The summed E-state index contributed by atoms with van der Waals surface area (Å²) in [5.41, 5.74) is 5.21. The number of carbonyl (C=O) groups is 1. The number of carbonyl (C=O) groups excluding carboxylic acids is 1. The van der Waals surface area contributed by atoms with Gasteiger partial charge in [-0.05, 0) is 18.6 Å². The van der Waals surface area contributed by atoms with E-state index in [1.807, 2.05) is 29.9 Å². The minimum Gasteiger partial charge on any atom is -0.355 e. The highest BCUT2D eigenvalue weighted by atomic mass is 35.5. The van der Waals surface area contributed by atoms with Gasteiger partial charge in [0.15, 0.2) is 11.3 Å². The highest BCUT2D eigenvalue weighted by Crippen LogP contribution is 2.31. The average molecular weight is 393 g/mol. The first-order valence-electron chi connectivity index (χ1n) is 9.06. The number of hydrogen-bond acceptors (Lipinski definition) is 4. The number of halogens is 1. The standard InChI is InChI=1S/C21H17ClN4O2/c1-25-20(13-5-3-2-4-6-13)15-9-10-26(12-17(15)23-25)21(27)19-16-8-7-14(22)11-18(16)28-24-19/h2-8,11H,9-10,12H2,1H3. The van der Waals surface area contributed by atoms with Crippen LogP contribution in [0.5, 0.6) is 0 Å². The highest BCUT2D eigenvalue weighted by Gasteiger charge is 2.29. The molecule has 6 nitrogen and oxygen atoms in total. The molecule has 7 heteroatoms. The number of benzene rings is 2. The Morgan fingerprint density at radius 3 is 2.82 bits per heavy atom. The van der Waals surface area contributed by atoms with Crippen LogP contribution < -0.4 is 0 Å². The molecule has 1 aliphatic rings. The van der Waals surface area contributed by atoms with Crippen LogP contribution in [0.3, 0.4) is 0 Å². The number of amides is 1. The van der Waals surface area contributed by atoms with Crippen LogP contribution in [0, 0.1) is 0 Å². The zero-order valence-corrected chi connectivity index (χ0v) is 16.0. The van der Waals surface area contributed by atoms with Crippen LogP contribution in [0.15, 0.2) is 53.1 Å². The van der Waals surface area contributed by atoms with Crippen molar-refractivity contribution in [3.05, 3.63) is 70.5 Å². The third-order valence-corrected chi connectivity index (χ3v) is 5.41. The van der Waals surface area contributed by atoms with Crippen molar-refractivity contribution < 1.29 is 9.32 Å². The maximum atomic E-state index is 13.1. The van der Waals surface area contributed by atoms with Gasteiger partial charge in [-0.25, -0.2) is 0 Å². The molecule has 0 bridgehead atoms. The predicted octanol–water partition coefficient (Wildman–Crippen LogP) is 4.08. The summed E-state index contributed by atoms with van der Waals surface area (Å²) in [6.07, 6.45) is 0.751. The lowest BCUT2D eigenvalue weighted by Gasteiger charge is -2.25. The van der Waals surface area contributed by atoms with Crippen molar-refractivity contribution in [3.8, 4) is 11.3 Å². The molecule has 2 aromatic heterocycles. The molecule has 0 fully saturated rings. The lowest BCUT2D eigenvalue weighted by molar-refractivity contribution is 0.0724. The van der Waals surface area contributed by atoms with E-state index in [2.05, 4.69) is 22.4 Å². The summed E-state index contributed by atoms with van der Waals surface area (Å²) >= 11 is 5.99. The predicted molar refractivity (Wildman–Crippen MR) is 106 cm³/mol. The normalized spacial score (nSPS) is 13.7. The molecule has 2 aromatic carbocycles. The summed E-state index contributed by atoms with van der Waals surface area (Å²) in [6, 6.07) is 15.4. The molecule has 0 N–H and O–H groups in total. The van der Waals surface area contributed by atoms with Gasteiger partial charge in [0.2, 0.25) is 0 Å². The van der Waals surface area contributed by atoms with Crippen LogP contribution in [-0.2, 0) is 20.0 Å². The Morgan fingerprint density at radius 1 is 1.18 bits per heavy atom. The van der Waals surface area contributed by atoms with E-state index < -0.39 is 0 Å². The van der Waals surface area contributed by atoms with E-state index in [1.54, 1.807) is 23.1 Å². The fourth-order valence-corrected chi connectivity index (χ4v) is 4.03. The van der Waals surface area contributed by atoms with Crippen molar-refractivity contribution in [3.63, 3.8) is 0 Å². The van der Waals surface area contributed by atoms with Crippen molar-refractivity contribution >= 4 is 28.5 Å². The Balaban J connectivity index is 1.47. The summed E-state index contributed by atoms with van der Waals surface area (Å²) in [7, 11) is 1.95. The molecule has 28 heavy (non-hydrogen) atoms. The number of aromatic nitrogens is 3. The Bertz CT molecular complexity index is 1200. The Hall–Kier alpha value is -3.12. The monoisotopic (exact) mass is 392 g/mol. The van der Waals surface area contributed by atoms with Crippen LogP contribution in [-0.4, -0.2) is 32.3 Å². The molecule has 5 rings (SSSR count). The minimum absolute atomic E-state index is 0.154. The Kier molecular flexibility index (Phi) is 3.94. The quantitative estimate of drug-likeness (QED) is 0.515. The first kappa shape index (κ1) is 17.0.